The molecule has 7 nitrogen and oxygen atoms in total. The van der Waals surface area contributed by atoms with Gasteiger partial charge in [0.2, 0.25) is 11.8 Å². The van der Waals surface area contributed by atoms with Crippen molar-refractivity contribution < 1.29 is 22.4 Å². The van der Waals surface area contributed by atoms with Crippen LogP contribution in [0.1, 0.15) is 25.0 Å². The number of halogens is 1. The summed E-state index contributed by atoms with van der Waals surface area (Å²) >= 11 is 0. The lowest BCUT2D eigenvalue weighted by molar-refractivity contribution is -0.139. The van der Waals surface area contributed by atoms with Gasteiger partial charge in [0, 0.05) is 13.1 Å². The first kappa shape index (κ1) is 26.9. The van der Waals surface area contributed by atoms with Gasteiger partial charge < -0.3 is 10.2 Å². The number of aryl methyl sites for hydroxylation is 1. The molecule has 0 fully saturated rings. The second kappa shape index (κ2) is 11.8. The number of benzene rings is 3. The average Bonchev–Trinajstić information content (AvgIpc) is 2.86. The molecule has 0 aliphatic rings. The van der Waals surface area contributed by atoms with Gasteiger partial charge in [0.1, 0.15) is 18.4 Å². The summed E-state index contributed by atoms with van der Waals surface area (Å²) in [5.74, 6) is -1.80. The molecule has 0 saturated carbocycles. The highest BCUT2D eigenvalue weighted by atomic mass is 32.2. The molecule has 0 saturated heterocycles. The Morgan fingerprint density at radius 3 is 2.28 bits per heavy atom. The van der Waals surface area contributed by atoms with Crippen LogP contribution in [0.2, 0.25) is 0 Å². The standard InChI is InChI=1S/C27H30FN3O4S/c1-4-29-27(33)21(3)30(18-22-12-10-11-20(2)17-22)26(32)19-31(25-16-9-8-15-24(25)28)36(34,35)23-13-6-5-7-14-23/h5-17,21H,4,18-19H2,1-3H3,(H,29,33)/t21-/m0/s1. The maximum Gasteiger partial charge on any atom is 0.264 e. The lowest BCUT2D eigenvalue weighted by Crippen LogP contribution is -2.51. The minimum Gasteiger partial charge on any atom is -0.355 e. The van der Waals surface area contributed by atoms with E-state index in [-0.39, 0.29) is 23.0 Å². The van der Waals surface area contributed by atoms with E-state index in [4.69, 9.17) is 0 Å². The Labute approximate surface area is 211 Å². The van der Waals surface area contributed by atoms with E-state index in [0.717, 1.165) is 21.5 Å². The highest BCUT2D eigenvalue weighted by molar-refractivity contribution is 7.92. The van der Waals surface area contributed by atoms with Crippen LogP contribution in [-0.2, 0) is 26.2 Å². The minimum absolute atomic E-state index is 0.0787. The summed E-state index contributed by atoms with van der Waals surface area (Å²) in [5.41, 5.74) is 1.50. The summed E-state index contributed by atoms with van der Waals surface area (Å²) in [7, 11) is -4.30. The van der Waals surface area contributed by atoms with E-state index in [1.54, 1.807) is 32.0 Å². The quantitative estimate of drug-likeness (QED) is 0.448. The maximum atomic E-state index is 14.8. The number of rotatable bonds is 10. The average molecular weight is 512 g/mol. The molecule has 0 aliphatic heterocycles. The SMILES string of the molecule is CCNC(=O)[C@H](C)N(Cc1cccc(C)c1)C(=O)CN(c1ccccc1F)S(=O)(=O)c1ccccc1. The fourth-order valence-corrected chi connectivity index (χ4v) is 5.24. The summed E-state index contributed by atoms with van der Waals surface area (Å²) in [6.07, 6.45) is 0. The van der Waals surface area contributed by atoms with Gasteiger partial charge in [0.15, 0.2) is 0 Å². The molecule has 190 valence electrons. The zero-order valence-electron chi connectivity index (χ0n) is 20.5. The zero-order chi connectivity index (χ0) is 26.3. The highest BCUT2D eigenvalue weighted by Crippen LogP contribution is 2.26. The smallest absolute Gasteiger partial charge is 0.264 e. The molecule has 0 unspecified atom stereocenters. The molecular formula is C27H30FN3O4S. The predicted molar refractivity (Wildman–Crippen MR) is 137 cm³/mol. The Kier molecular flexibility index (Phi) is 8.82. The molecule has 9 heteroatoms. The van der Waals surface area contributed by atoms with Crippen LogP contribution in [0.3, 0.4) is 0 Å². The van der Waals surface area contributed by atoms with E-state index in [2.05, 4.69) is 5.32 Å². The molecule has 0 heterocycles. The number of carbonyl (C=O) groups is 2. The number of para-hydroxylation sites is 1. The van der Waals surface area contributed by atoms with Crippen LogP contribution >= 0.6 is 0 Å². The zero-order valence-corrected chi connectivity index (χ0v) is 21.3. The molecule has 1 N–H and O–H groups in total. The van der Waals surface area contributed by atoms with Crippen LogP contribution in [0.15, 0.2) is 83.8 Å². The third kappa shape index (κ3) is 6.28. The monoisotopic (exact) mass is 511 g/mol. The van der Waals surface area contributed by atoms with Gasteiger partial charge in [-0.3, -0.25) is 13.9 Å². The maximum absolute atomic E-state index is 14.8. The summed E-state index contributed by atoms with van der Waals surface area (Å²) in [6, 6.07) is 19.5. The van der Waals surface area contributed by atoms with Crippen LogP contribution < -0.4 is 9.62 Å². The second-order valence-corrected chi connectivity index (χ2v) is 10.2. The van der Waals surface area contributed by atoms with Gasteiger partial charge in [-0.05, 0) is 50.6 Å². The number of carbonyl (C=O) groups excluding carboxylic acids is 2. The molecule has 36 heavy (non-hydrogen) atoms. The van der Waals surface area contributed by atoms with Crippen molar-refractivity contribution in [1.29, 1.82) is 0 Å². The van der Waals surface area contributed by atoms with Gasteiger partial charge in [-0.15, -0.1) is 0 Å². The van der Waals surface area contributed by atoms with E-state index in [9.17, 15) is 22.4 Å². The van der Waals surface area contributed by atoms with E-state index in [1.165, 1.54) is 35.2 Å². The van der Waals surface area contributed by atoms with Crippen molar-refractivity contribution in [2.45, 2.75) is 38.3 Å². The summed E-state index contributed by atoms with van der Waals surface area (Å²) in [5, 5.41) is 2.70. The molecule has 0 bridgehead atoms. The molecule has 1 atom stereocenters. The minimum atomic E-state index is -4.30. The van der Waals surface area contributed by atoms with Crippen molar-refractivity contribution in [2.75, 3.05) is 17.4 Å². The molecule has 0 spiro atoms. The number of hydrogen-bond donors (Lipinski definition) is 1. The van der Waals surface area contributed by atoms with Crippen LogP contribution in [0.25, 0.3) is 0 Å². The number of amides is 2. The van der Waals surface area contributed by atoms with Gasteiger partial charge in [-0.25, -0.2) is 12.8 Å². The molecule has 0 radical (unpaired) electrons. The highest BCUT2D eigenvalue weighted by Gasteiger charge is 2.33. The van der Waals surface area contributed by atoms with Crippen molar-refractivity contribution in [3.63, 3.8) is 0 Å². The fraction of sp³-hybridized carbons (Fsp3) is 0.259. The molecule has 3 aromatic rings. The second-order valence-electron chi connectivity index (χ2n) is 8.36. The van der Waals surface area contributed by atoms with Crippen LogP contribution in [0.5, 0.6) is 0 Å². The fourth-order valence-electron chi connectivity index (χ4n) is 3.80. The van der Waals surface area contributed by atoms with Crippen molar-refractivity contribution in [3.05, 3.63) is 95.8 Å². The molecule has 0 aromatic heterocycles. The van der Waals surface area contributed by atoms with Gasteiger partial charge in [-0.2, -0.15) is 0 Å². The Balaban J connectivity index is 2.03. The molecule has 3 rings (SSSR count). The third-order valence-electron chi connectivity index (χ3n) is 5.68. The van der Waals surface area contributed by atoms with E-state index < -0.39 is 34.3 Å². The Morgan fingerprint density at radius 2 is 1.64 bits per heavy atom. The first-order valence-corrected chi connectivity index (χ1v) is 13.0. The van der Waals surface area contributed by atoms with E-state index >= 15 is 0 Å². The normalized spacial score (nSPS) is 12.0. The molecule has 2 amide bonds. The van der Waals surface area contributed by atoms with Crippen LogP contribution in [-0.4, -0.2) is 44.3 Å². The first-order chi connectivity index (χ1) is 17.1. The first-order valence-electron chi connectivity index (χ1n) is 11.6. The van der Waals surface area contributed by atoms with Gasteiger partial charge >= 0.3 is 0 Å². The summed E-state index contributed by atoms with van der Waals surface area (Å²) < 4.78 is 42.7. The van der Waals surface area contributed by atoms with Gasteiger partial charge in [-0.1, -0.05) is 60.2 Å². The molecular weight excluding hydrogens is 481 g/mol. The lowest BCUT2D eigenvalue weighted by Gasteiger charge is -2.32. The van der Waals surface area contributed by atoms with Crippen molar-refractivity contribution in [3.8, 4) is 0 Å². The van der Waals surface area contributed by atoms with Crippen molar-refractivity contribution in [2.24, 2.45) is 0 Å². The number of nitrogens with zero attached hydrogens (tertiary/aromatic N) is 2. The van der Waals surface area contributed by atoms with Crippen LogP contribution in [0, 0.1) is 12.7 Å². The summed E-state index contributed by atoms with van der Waals surface area (Å²) in [6.45, 7) is 5.03. The van der Waals surface area contributed by atoms with Crippen molar-refractivity contribution >= 4 is 27.5 Å². The third-order valence-corrected chi connectivity index (χ3v) is 7.46. The van der Waals surface area contributed by atoms with Crippen molar-refractivity contribution in [1.82, 2.24) is 10.2 Å². The summed E-state index contributed by atoms with van der Waals surface area (Å²) in [4.78, 5) is 27.6. The van der Waals surface area contributed by atoms with Gasteiger partial charge in [0.25, 0.3) is 10.0 Å². The Morgan fingerprint density at radius 1 is 0.972 bits per heavy atom. The number of nitrogens with one attached hydrogen (secondary N) is 1. The predicted octanol–water partition coefficient (Wildman–Crippen LogP) is 3.88. The van der Waals surface area contributed by atoms with E-state index in [0.29, 0.717) is 6.54 Å². The molecule has 3 aromatic carbocycles. The number of sulfonamides is 1. The topological polar surface area (TPSA) is 86.8 Å². The van der Waals surface area contributed by atoms with Gasteiger partial charge in [0.05, 0.1) is 10.6 Å². The Hall–Kier alpha value is -3.72. The number of anilines is 1. The number of likely N-dealkylation sites (N-methyl/N-ethyl adjacent to an activating group) is 1. The lowest BCUT2D eigenvalue weighted by atomic mass is 10.1. The van der Waals surface area contributed by atoms with Crippen LogP contribution in [0.4, 0.5) is 10.1 Å². The largest absolute Gasteiger partial charge is 0.355 e. The number of hydrogen-bond acceptors (Lipinski definition) is 4. The Bertz CT molecular complexity index is 1320. The van der Waals surface area contributed by atoms with E-state index in [1.807, 2.05) is 31.2 Å². The molecule has 0 aliphatic carbocycles.